The molecule has 0 unspecified atom stereocenters. The van der Waals surface area contributed by atoms with E-state index in [-0.39, 0.29) is 0 Å². The molecule has 0 amide bonds. The van der Waals surface area contributed by atoms with Crippen LogP contribution in [0, 0.1) is 0 Å². The first-order valence-corrected chi connectivity index (χ1v) is 5.70. The van der Waals surface area contributed by atoms with Crippen molar-refractivity contribution < 1.29 is 13.2 Å². The molecule has 0 saturated carbocycles. The van der Waals surface area contributed by atoms with Gasteiger partial charge in [0.25, 0.3) is 0 Å². The maximum atomic E-state index is 11.9. The van der Waals surface area contributed by atoms with Gasteiger partial charge in [0, 0.05) is 10.2 Å². The first-order chi connectivity index (χ1) is 6.01. The molecule has 0 aliphatic rings. The minimum atomic E-state index is -4.09. The molecule has 0 N–H and O–H groups in total. The van der Waals surface area contributed by atoms with E-state index in [1.54, 1.807) is 11.4 Å². The van der Waals surface area contributed by atoms with Gasteiger partial charge in [-0.25, -0.2) is 0 Å². The van der Waals surface area contributed by atoms with Crippen molar-refractivity contribution in [3.63, 3.8) is 0 Å². The lowest BCUT2D eigenvalue weighted by Crippen LogP contribution is -2.10. The Morgan fingerprint density at radius 3 is 2.62 bits per heavy atom. The van der Waals surface area contributed by atoms with Crippen LogP contribution in [-0.4, -0.2) is 11.5 Å². The minimum absolute atomic E-state index is 0.392. The Hall–Kier alpha value is -0.0300. The maximum Gasteiger partial charge on any atom is 0.393 e. The molecule has 0 spiro atoms. The van der Waals surface area contributed by atoms with E-state index < -0.39 is 12.6 Å². The smallest absolute Gasteiger partial charge is 0.171 e. The molecular formula is C8H8BrF3S. The van der Waals surface area contributed by atoms with Gasteiger partial charge in [-0.2, -0.15) is 13.2 Å². The Kier molecular flexibility index (Phi) is 3.79. The number of aryl methyl sites for hydroxylation is 1. The highest BCUT2D eigenvalue weighted by Crippen LogP contribution is 2.25. The van der Waals surface area contributed by atoms with Crippen LogP contribution in [0.5, 0.6) is 0 Å². The number of thiophene rings is 1. The average Bonchev–Trinajstić information content (AvgIpc) is 2.33. The Morgan fingerprint density at radius 2 is 2.08 bits per heavy atom. The predicted molar refractivity (Wildman–Crippen MR) is 51.6 cm³/mol. The van der Waals surface area contributed by atoms with Gasteiger partial charge in [-0.05, 0) is 23.4 Å². The molecule has 1 rings (SSSR count). The fourth-order valence-electron chi connectivity index (χ4n) is 0.957. The molecule has 0 bridgehead atoms. The molecule has 0 atom stereocenters. The molecule has 13 heavy (non-hydrogen) atoms. The van der Waals surface area contributed by atoms with Gasteiger partial charge in [0.05, 0.1) is 6.42 Å². The van der Waals surface area contributed by atoms with E-state index in [4.69, 9.17) is 0 Å². The molecule has 0 aromatic carbocycles. The van der Waals surface area contributed by atoms with E-state index >= 15 is 0 Å². The van der Waals surface area contributed by atoms with Crippen LogP contribution in [0.25, 0.3) is 0 Å². The SMILES string of the molecule is FC(F)(F)Cc1cc(CCBr)cs1. The number of hydrogen-bond donors (Lipinski definition) is 0. The van der Waals surface area contributed by atoms with E-state index in [1.165, 1.54) is 11.3 Å². The summed E-state index contributed by atoms with van der Waals surface area (Å²) in [4.78, 5) is 0.392. The molecule has 0 fully saturated rings. The topological polar surface area (TPSA) is 0 Å². The summed E-state index contributed by atoms with van der Waals surface area (Å²) in [5.41, 5.74) is 0.973. The summed E-state index contributed by atoms with van der Waals surface area (Å²) in [6.07, 6.45) is -4.11. The molecule has 5 heteroatoms. The molecule has 74 valence electrons. The van der Waals surface area contributed by atoms with Crippen molar-refractivity contribution in [2.75, 3.05) is 5.33 Å². The summed E-state index contributed by atoms with van der Waals surface area (Å²) in [5, 5.41) is 2.57. The second kappa shape index (κ2) is 4.46. The van der Waals surface area contributed by atoms with Gasteiger partial charge in [0.15, 0.2) is 0 Å². The largest absolute Gasteiger partial charge is 0.393 e. The van der Waals surface area contributed by atoms with Crippen molar-refractivity contribution in [2.45, 2.75) is 19.0 Å². The van der Waals surface area contributed by atoms with Gasteiger partial charge in [-0.1, -0.05) is 15.9 Å². The zero-order chi connectivity index (χ0) is 9.90. The quantitative estimate of drug-likeness (QED) is 0.735. The predicted octanol–water partition coefficient (Wildman–Crippen LogP) is 3.79. The number of hydrogen-bond acceptors (Lipinski definition) is 1. The van der Waals surface area contributed by atoms with Gasteiger partial charge in [-0.15, -0.1) is 11.3 Å². The Balaban J connectivity index is 2.59. The Bertz CT molecular complexity index is 267. The van der Waals surface area contributed by atoms with Crippen molar-refractivity contribution in [1.82, 2.24) is 0 Å². The van der Waals surface area contributed by atoms with Gasteiger partial charge >= 0.3 is 6.18 Å². The second-order valence-corrected chi connectivity index (χ2v) is 4.44. The van der Waals surface area contributed by atoms with Crippen molar-refractivity contribution in [3.8, 4) is 0 Å². The molecule has 1 heterocycles. The standard InChI is InChI=1S/C8H8BrF3S/c9-2-1-6-3-7(13-5-6)4-8(10,11)12/h3,5H,1-2,4H2. The third-order valence-corrected chi connectivity index (χ3v) is 2.85. The zero-order valence-electron chi connectivity index (χ0n) is 6.70. The highest BCUT2D eigenvalue weighted by atomic mass is 79.9. The van der Waals surface area contributed by atoms with Gasteiger partial charge in [0.2, 0.25) is 0 Å². The van der Waals surface area contributed by atoms with E-state index in [2.05, 4.69) is 15.9 Å². The van der Waals surface area contributed by atoms with Crippen LogP contribution in [0.4, 0.5) is 13.2 Å². The van der Waals surface area contributed by atoms with Crippen LogP contribution in [0.3, 0.4) is 0 Å². The molecule has 1 aromatic rings. The zero-order valence-corrected chi connectivity index (χ0v) is 9.10. The summed E-state index contributed by atoms with van der Waals surface area (Å²) in [6, 6.07) is 1.62. The van der Waals surface area contributed by atoms with Crippen molar-refractivity contribution >= 4 is 27.3 Å². The number of halogens is 4. The molecule has 0 saturated heterocycles. The van der Waals surface area contributed by atoms with Crippen molar-refractivity contribution in [1.29, 1.82) is 0 Å². The van der Waals surface area contributed by atoms with Crippen molar-refractivity contribution in [2.24, 2.45) is 0 Å². The summed E-state index contributed by atoms with van der Waals surface area (Å²) in [6.45, 7) is 0. The monoisotopic (exact) mass is 272 g/mol. The molecule has 0 nitrogen and oxygen atoms in total. The summed E-state index contributed by atoms with van der Waals surface area (Å²) in [5.74, 6) is 0. The lowest BCUT2D eigenvalue weighted by atomic mass is 10.2. The van der Waals surface area contributed by atoms with Crippen LogP contribution in [0.15, 0.2) is 11.4 Å². The summed E-state index contributed by atoms with van der Waals surface area (Å²) >= 11 is 4.41. The van der Waals surface area contributed by atoms with Crippen LogP contribution < -0.4 is 0 Å². The summed E-state index contributed by atoms with van der Waals surface area (Å²) in [7, 11) is 0. The molecule has 0 aliphatic heterocycles. The van der Waals surface area contributed by atoms with E-state index in [9.17, 15) is 13.2 Å². The molecule has 0 aliphatic carbocycles. The highest BCUT2D eigenvalue weighted by molar-refractivity contribution is 9.09. The maximum absolute atomic E-state index is 11.9. The normalized spacial score (nSPS) is 12.0. The number of rotatable bonds is 3. The van der Waals surface area contributed by atoms with Crippen LogP contribution in [0.1, 0.15) is 10.4 Å². The fraction of sp³-hybridized carbons (Fsp3) is 0.500. The van der Waals surface area contributed by atoms with E-state index in [1.807, 2.05) is 0 Å². The molecule has 1 aromatic heterocycles. The van der Waals surface area contributed by atoms with Crippen LogP contribution >= 0.6 is 27.3 Å². The fourth-order valence-corrected chi connectivity index (χ4v) is 2.37. The Labute approximate surface area is 86.9 Å². The van der Waals surface area contributed by atoms with Gasteiger partial charge in [0.1, 0.15) is 0 Å². The van der Waals surface area contributed by atoms with Crippen LogP contribution in [-0.2, 0) is 12.8 Å². The molecule has 0 radical (unpaired) electrons. The van der Waals surface area contributed by atoms with E-state index in [0.29, 0.717) is 4.88 Å². The van der Waals surface area contributed by atoms with E-state index in [0.717, 1.165) is 17.3 Å². The minimum Gasteiger partial charge on any atom is -0.171 e. The lowest BCUT2D eigenvalue weighted by Gasteiger charge is -2.02. The van der Waals surface area contributed by atoms with Crippen molar-refractivity contribution in [3.05, 3.63) is 21.9 Å². The number of alkyl halides is 4. The first kappa shape index (κ1) is 11.0. The first-order valence-electron chi connectivity index (χ1n) is 3.70. The molecular weight excluding hydrogens is 265 g/mol. The van der Waals surface area contributed by atoms with Gasteiger partial charge < -0.3 is 0 Å². The van der Waals surface area contributed by atoms with Crippen LogP contribution in [0.2, 0.25) is 0 Å². The highest BCUT2D eigenvalue weighted by Gasteiger charge is 2.28. The summed E-state index contributed by atoms with van der Waals surface area (Å²) < 4.78 is 35.8. The third-order valence-electron chi connectivity index (χ3n) is 1.47. The lowest BCUT2D eigenvalue weighted by molar-refractivity contribution is -0.126. The second-order valence-electron chi connectivity index (χ2n) is 2.65. The third kappa shape index (κ3) is 4.13. The average molecular weight is 273 g/mol. The van der Waals surface area contributed by atoms with Gasteiger partial charge in [-0.3, -0.25) is 0 Å². The Morgan fingerprint density at radius 1 is 1.38 bits per heavy atom.